The number of rotatable bonds is 10. The minimum atomic E-state index is -0.157. The molecule has 0 radical (unpaired) electrons. The Morgan fingerprint density at radius 2 is 1.76 bits per heavy atom. The number of nitrogens with zero attached hydrogens (tertiary/aromatic N) is 2. The molecule has 34 heavy (non-hydrogen) atoms. The molecule has 1 saturated heterocycles. The Hall–Kier alpha value is -2.20. The SMILES string of the molecule is CC/C=C/C=C(F)\C=C(/C)CCC.C\C=C(C)/C(C(/C)=N/C=C/CC)=C(/C)N1CCNC(C)C1. The lowest BCUT2D eigenvalue weighted by molar-refractivity contribution is 0.255. The summed E-state index contributed by atoms with van der Waals surface area (Å²) in [4.78, 5) is 7.09. The summed E-state index contributed by atoms with van der Waals surface area (Å²) in [6.45, 7) is 22.2. The van der Waals surface area contributed by atoms with Crippen LogP contribution < -0.4 is 5.32 Å². The van der Waals surface area contributed by atoms with E-state index in [1.54, 1.807) is 12.2 Å². The van der Waals surface area contributed by atoms with Crippen molar-refractivity contribution >= 4 is 5.71 Å². The predicted octanol–water partition coefficient (Wildman–Crippen LogP) is 8.46. The van der Waals surface area contributed by atoms with Gasteiger partial charge in [-0.05, 0) is 78.5 Å². The second-order valence-electron chi connectivity index (χ2n) is 8.87. The molecule has 0 spiro atoms. The van der Waals surface area contributed by atoms with Crippen molar-refractivity contribution in [1.29, 1.82) is 0 Å². The largest absolute Gasteiger partial charge is 0.372 e. The zero-order valence-electron chi connectivity index (χ0n) is 23.3. The number of allylic oxidation sites excluding steroid dienone is 11. The minimum absolute atomic E-state index is 0.157. The maximum absolute atomic E-state index is 13.0. The van der Waals surface area contributed by atoms with Crippen LogP contribution in [0.15, 0.2) is 75.9 Å². The van der Waals surface area contributed by atoms with E-state index >= 15 is 0 Å². The summed E-state index contributed by atoms with van der Waals surface area (Å²) in [6, 6.07) is 0.540. The fraction of sp³-hybridized carbons (Fsp3) is 0.567. The molecule has 1 unspecified atom stereocenters. The second kappa shape index (κ2) is 19.1. The second-order valence-corrected chi connectivity index (χ2v) is 8.87. The van der Waals surface area contributed by atoms with Gasteiger partial charge in [-0.2, -0.15) is 0 Å². The molecule has 4 heteroatoms. The van der Waals surface area contributed by atoms with Gasteiger partial charge in [0.2, 0.25) is 0 Å². The third-order valence-corrected chi connectivity index (χ3v) is 5.66. The van der Waals surface area contributed by atoms with Crippen LogP contribution in [0.4, 0.5) is 4.39 Å². The molecule has 0 aromatic rings. The van der Waals surface area contributed by atoms with Gasteiger partial charge in [0.15, 0.2) is 0 Å². The van der Waals surface area contributed by atoms with Crippen LogP contribution in [-0.4, -0.2) is 36.3 Å². The van der Waals surface area contributed by atoms with Gasteiger partial charge in [0, 0.05) is 48.9 Å². The van der Waals surface area contributed by atoms with Gasteiger partial charge < -0.3 is 10.2 Å². The number of piperazine rings is 1. The fourth-order valence-electron chi connectivity index (χ4n) is 3.75. The average Bonchev–Trinajstić information content (AvgIpc) is 2.80. The molecule has 0 aromatic carbocycles. The summed E-state index contributed by atoms with van der Waals surface area (Å²) >= 11 is 0. The molecule has 0 saturated carbocycles. The normalized spacial score (nSPS) is 19.5. The fourth-order valence-corrected chi connectivity index (χ4v) is 3.75. The van der Waals surface area contributed by atoms with E-state index in [4.69, 9.17) is 0 Å². The summed E-state index contributed by atoms with van der Waals surface area (Å²) in [5, 5.41) is 3.50. The van der Waals surface area contributed by atoms with Crippen molar-refractivity contribution in [3.05, 3.63) is 70.9 Å². The molecule has 1 heterocycles. The summed E-state index contributed by atoms with van der Waals surface area (Å²) < 4.78 is 13.0. The molecular weight excluding hydrogens is 421 g/mol. The number of halogens is 1. The van der Waals surface area contributed by atoms with E-state index in [1.165, 1.54) is 22.9 Å². The standard InChI is InChI=1S/C18H31N3.C12H19F/c1-7-9-10-20-16(5)18(14(3)8-2)17(6)21-12-11-19-15(4)13-21;1-4-6-7-9-12(13)10-11(3)8-5-2/h8-10,15,19H,7,11-13H2,1-6H3;6-7,9-10H,4-5,8H2,1-3H3/b10-9+,14-8-,18-17+,20-16+;7-6+,11-10+,12-9+. The van der Waals surface area contributed by atoms with Gasteiger partial charge in [0.05, 0.1) is 0 Å². The first-order chi connectivity index (χ1) is 16.2. The zero-order chi connectivity index (χ0) is 25.9. The van der Waals surface area contributed by atoms with E-state index in [0.29, 0.717) is 6.04 Å². The third-order valence-electron chi connectivity index (χ3n) is 5.66. The van der Waals surface area contributed by atoms with Crippen LogP contribution in [0.3, 0.4) is 0 Å². The minimum Gasteiger partial charge on any atom is -0.372 e. The van der Waals surface area contributed by atoms with Crippen LogP contribution >= 0.6 is 0 Å². The highest BCUT2D eigenvalue weighted by Gasteiger charge is 2.19. The van der Waals surface area contributed by atoms with Gasteiger partial charge in [-0.1, -0.05) is 57.1 Å². The number of hydrogen-bond acceptors (Lipinski definition) is 3. The maximum atomic E-state index is 13.0. The monoisotopic (exact) mass is 471 g/mol. The number of nitrogens with one attached hydrogen (secondary N) is 1. The summed E-state index contributed by atoms with van der Waals surface area (Å²) in [5.41, 5.74) is 6.11. The first-order valence-electron chi connectivity index (χ1n) is 12.9. The predicted molar refractivity (Wildman–Crippen MR) is 151 cm³/mol. The van der Waals surface area contributed by atoms with E-state index in [0.717, 1.165) is 56.6 Å². The lowest BCUT2D eigenvalue weighted by Crippen LogP contribution is -2.48. The van der Waals surface area contributed by atoms with Gasteiger partial charge in [-0.3, -0.25) is 4.99 Å². The molecule has 0 aromatic heterocycles. The highest BCUT2D eigenvalue weighted by molar-refractivity contribution is 6.02. The Balaban J connectivity index is 0.000000722. The average molecular weight is 472 g/mol. The van der Waals surface area contributed by atoms with Crippen LogP contribution in [0.25, 0.3) is 0 Å². The molecule has 0 bridgehead atoms. The highest BCUT2D eigenvalue weighted by atomic mass is 19.1. The van der Waals surface area contributed by atoms with Crippen molar-refractivity contribution < 1.29 is 4.39 Å². The number of aliphatic imine (C=N–C) groups is 1. The van der Waals surface area contributed by atoms with Crippen LogP contribution in [0.2, 0.25) is 0 Å². The molecule has 1 rings (SSSR count). The molecule has 1 atom stereocenters. The summed E-state index contributed by atoms with van der Waals surface area (Å²) in [7, 11) is 0. The van der Waals surface area contributed by atoms with E-state index < -0.39 is 0 Å². The molecule has 1 N–H and O–H groups in total. The van der Waals surface area contributed by atoms with E-state index in [-0.39, 0.29) is 5.83 Å². The molecule has 3 nitrogen and oxygen atoms in total. The van der Waals surface area contributed by atoms with Crippen LogP contribution in [-0.2, 0) is 0 Å². The van der Waals surface area contributed by atoms with Gasteiger partial charge in [0.1, 0.15) is 5.83 Å². The first kappa shape index (κ1) is 31.8. The van der Waals surface area contributed by atoms with E-state index in [1.807, 2.05) is 26.1 Å². The van der Waals surface area contributed by atoms with Gasteiger partial charge >= 0.3 is 0 Å². The van der Waals surface area contributed by atoms with Crippen molar-refractivity contribution in [3.8, 4) is 0 Å². The van der Waals surface area contributed by atoms with Crippen molar-refractivity contribution in [2.24, 2.45) is 4.99 Å². The van der Waals surface area contributed by atoms with Crippen LogP contribution in [0.1, 0.15) is 88.0 Å². The summed E-state index contributed by atoms with van der Waals surface area (Å²) in [5.74, 6) is -0.157. The molecule has 1 fully saturated rings. The molecule has 192 valence electrons. The van der Waals surface area contributed by atoms with Crippen molar-refractivity contribution in [2.45, 2.75) is 94.0 Å². The highest BCUT2D eigenvalue weighted by Crippen LogP contribution is 2.21. The van der Waals surface area contributed by atoms with Gasteiger partial charge in [0.25, 0.3) is 0 Å². The van der Waals surface area contributed by atoms with Crippen LogP contribution in [0.5, 0.6) is 0 Å². The topological polar surface area (TPSA) is 27.6 Å². The molecule has 0 aliphatic carbocycles. The molecular formula is C30H50FN3. The molecule has 1 aliphatic rings. The Morgan fingerprint density at radius 3 is 2.32 bits per heavy atom. The van der Waals surface area contributed by atoms with Gasteiger partial charge in [-0.25, -0.2) is 4.39 Å². The Bertz CT molecular complexity index is 794. The van der Waals surface area contributed by atoms with Crippen molar-refractivity contribution in [1.82, 2.24) is 10.2 Å². The van der Waals surface area contributed by atoms with Crippen molar-refractivity contribution in [2.75, 3.05) is 19.6 Å². The van der Waals surface area contributed by atoms with Crippen LogP contribution in [0, 0.1) is 0 Å². The molecule has 0 amide bonds. The zero-order valence-corrected chi connectivity index (χ0v) is 23.3. The van der Waals surface area contributed by atoms with E-state index in [2.05, 4.69) is 75.8 Å². The maximum Gasteiger partial charge on any atom is 0.123 e. The van der Waals surface area contributed by atoms with E-state index in [9.17, 15) is 4.39 Å². The molecule has 1 aliphatic heterocycles. The number of hydrogen-bond donors (Lipinski definition) is 1. The Labute approximate surface area is 210 Å². The smallest absolute Gasteiger partial charge is 0.123 e. The van der Waals surface area contributed by atoms with Gasteiger partial charge in [-0.15, -0.1) is 0 Å². The third kappa shape index (κ3) is 13.5. The summed E-state index contributed by atoms with van der Waals surface area (Å²) in [6.07, 6.45) is 17.0. The Kier molecular flexibility index (Phi) is 17.9. The van der Waals surface area contributed by atoms with Crippen molar-refractivity contribution in [3.63, 3.8) is 0 Å². The lowest BCUT2D eigenvalue weighted by atomic mass is 9.99. The lowest BCUT2D eigenvalue weighted by Gasteiger charge is -2.35. The quantitative estimate of drug-likeness (QED) is 0.256. The first-order valence-corrected chi connectivity index (χ1v) is 12.9. The Morgan fingerprint density at radius 1 is 1.09 bits per heavy atom.